The van der Waals surface area contributed by atoms with Gasteiger partial charge in [-0.05, 0) is 48.9 Å². The topological polar surface area (TPSA) is 109 Å². The summed E-state index contributed by atoms with van der Waals surface area (Å²) >= 11 is 5.74. The van der Waals surface area contributed by atoms with Gasteiger partial charge >= 0.3 is 0 Å². The Morgan fingerprint density at radius 3 is 2.38 bits per heavy atom. The summed E-state index contributed by atoms with van der Waals surface area (Å²) in [7, 11) is 1.58. The summed E-state index contributed by atoms with van der Waals surface area (Å²) in [5, 5.41) is 8.16. The Morgan fingerprint density at radius 1 is 1.06 bits per heavy atom. The van der Waals surface area contributed by atoms with Crippen molar-refractivity contribution in [1.29, 1.82) is 0 Å². The number of hydrogen-bond donors (Lipinski definition) is 3. The average Bonchev–Trinajstić information content (AvgIpc) is 3.64. The van der Waals surface area contributed by atoms with Crippen molar-refractivity contribution in [3.8, 4) is 5.69 Å². The van der Waals surface area contributed by atoms with E-state index in [2.05, 4.69) is 16.0 Å². The summed E-state index contributed by atoms with van der Waals surface area (Å²) in [6.07, 6.45) is 2.57. The number of carbonyl (C=O) groups excluding carboxylic acids is 3. The Morgan fingerprint density at radius 2 is 1.76 bits per heavy atom. The molecule has 0 spiro atoms. The highest BCUT2D eigenvalue weighted by molar-refractivity contribution is 6.30. The third-order valence-electron chi connectivity index (χ3n) is 5.09. The normalized spacial score (nSPS) is 15.9. The van der Waals surface area contributed by atoms with E-state index in [-0.39, 0.29) is 34.9 Å². The molecular formula is C24H22ClFN4O4. The van der Waals surface area contributed by atoms with E-state index < -0.39 is 5.82 Å². The summed E-state index contributed by atoms with van der Waals surface area (Å²) in [6.45, 7) is 0. The minimum atomic E-state index is -0.592. The molecule has 1 unspecified atom stereocenters. The highest BCUT2D eigenvalue weighted by Gasteiger charge is 2.47. The van der Waals surface area contributed by atoms with Gasteiger partial charge in [0.2, 0.25) is 18.2 Å². The van der Waals surface area contributed by atoms with E-state index in [0.29, 0.717) is 29.2 Å². The van der Waals surface area contributed by atoms with Crippen LogP contribution in [0.1, 0.15) is 6.42 Å². The molecule has 1 aliphatic carbocycles. The number of amides is 3. The van der Waals surface area contributed by atoms with E-state index in [1.807, 2.05) is 0 Å². The minimum Gasteiger partial charge on any atom is -0.359 e. The Labute approximate surface area is 199 Å². The number of pyridine rings is 1. The van der Waals surface area contributed by atoms with Crippen LogP contribution in [0.3, 0.4) is 0 Å². The average molecular weight is 485 g/mol. The summed E-state index contributed by atoms with van der Waals surface area (Å²) in [5.74, 6) is -1.15. The van der Waals surface area contributed by atoms with Crippen molar-refractivity contribution < 1.29 is 18.8 Å². The summed E-state index contributed by atoms with van der Waals surface area (Å²) in [5.41, 5.74) is 0.933. The van der Waals surface area contributed by atoms with Crippen LogP contribution in [0.25, 0.3) is 5.69 Å². The van der Waals surface area contributed by atoms with Gasteiger partial charge in [-0.3, -0.25) is 23.7 Å². The lowest BCUT2D eigenvalue weighted by atomic mass is 10.2. The molecule has 0 bridgehead atoms. The smallest absolute Gasteiger partial charge is 0.255 e. The van der Waals surface area contributed by atoms with Crippen LogP contribution in [0, 0.1) is 17.7 Å². The highest BCUT2D eigenvalue weighted by atomic mass is 35.5. The first-order valence-corrected chi connectivity index (χ1v) is 10.7. The molecule has 1 heterocycles. The van der Waals surface area contributed by atoms with E-state index in [1.165, 1.54) is 22.8 Å². The quantitative estimate of drug-likeness (QED) is 0.467. The van der Waals surface area contributed by atoms with Gasteiger partial charge in [0.25, 0.3) is 5.56 Å². The van der Waals surface area contributed by atoms with Crippen molar-refractivity contribution in [2.75, 3.05) is 17.7 Å². The van der Waals surface area contributed by atoms with Crippen LogP contribution in [0.15, 0.2) is 71.7 Å². The number of rotatable bonds is 6. The lowest BCUT2D eigenvalue weighted by molar-refractivity contribution is -0.124. The molecule has 0 saturated heterocycles. The largest absolute Gasteiger partial charge is 0.359 e. The first-order valence-electron chi connectivity index (χ1n) is 10.3. The van der Waals surface area contributed by atoms with E-state index in [4.69, 9.17) is 11.6 Å². The summed E-state index contributed by atoms with van der Waals surface area (Å²) in [6, 6.07) is 15.7. The molecule has 1 saturated carbocycles. The van der Waals surface area contributed by atoms with Crippen LogP contribution in [0.5, 0.6) is 0 Å². The fraction of sp³-hybridized carbons (Fsp3) is 0.167. The molecule has 3 aromatic rings. The number of nitrogens with one attached hydrogen (secondary N) is 3. The van der Waals surface area contributed by atoms with Crippen LogP contribution in [0.4, 0.5) is 15.8 Å². The van der Waals surface area contributed by atoms with Gasteiger partial charge in [-0.25, -0.2) is 4.39 Å². The third kappa shape index (κ3) is 6.29. The zero-order valence-corrected chi connectivity index (χ0v) is 18.9. The zero-order valence-electron chi connectivity index (χ0n) is 18.1. The van der Waals surface area contributed by atoms with Crippen molar-refractivity contribution in [2.45, 2.75) is 6.42 Å². The standard InChI is InChI=1S/C12H13ClN2O2.C12H9FN2O2/c1-14-11(16)9-6-10(9)12(17)15-8-4-2-7(13)3-5-8;13-10-7-9(4-5-11(10)14-8-16)15-6-2-1-3-12(15)17/h2-5,9-10H,6H2,1H3,(H,14,16)(H,15,17);1-8H,(H,14,16)/t9?,10-;/m1./s1. The van der Waals surface area contributed by atoms with Gasteiger partial charge in [0, 0.05) is 36.1 Å². The first kappa shape index (κ1) is 24.7. The fourth-order valence-corrected chi connectivity index (χ4v) is 3.33. The number of benzene rings is 2. The fourth-order valence-electron chi connectivity index (χ4n) is 3.20. The van der Waals surface area contributed by atoms with Crippen molar-refractivity contribution >= 4 is 41.2 Å². The van der Waals surface area contributed by atoms with Gasteiger partial charge in [0.05, 0.1) is 23.2 Å². The van der Waals surface area contributed by atoms with E-state index in [0.717, 1.165) is 0 Å². The van der Waals surface area contributed by atoms with Gasteiger partial charge < -0.3 is 16.0 Å². The number of halogens is 2. The van der Waals surface area contributed by atoms with Crippen LogP contribution in [0.2, 0.25) is 5.02 Å². The van der Waals surface area contributed by atoms with Crippen LogP contribution in [-0.2, 0) is 14.4 Å². The zero-order chi connectivity index (χ0) is 24.7. The Hall–Kier alpha value is -3.98. The van der Waals surface area contributed by atoms with Gasteiger partial charge in [-0.1, -0.05) is 17.7 Å². The Balaban J connectivity index is 0.000000191. The van der Waals surface area contributed by atoms with Gasteiger partial charge in [-0.15, -0.1) is 0 Å². The number of anilines is 2. The molecule has 34 heavy (non-hydrogen) atoms. The monoisotopic (exact) mass is 484 g/mol. The number of carbonyl (C=O) groups is 3. The Kier molecular flexibility index (Phi) is 8.15. The molecule has 3 N–H and O–H groups in total. The second-order valence-electron chi connectivity index (χ2n) is 7.39. The maximum atomic E-state index is 13.5. The molecule has 4 rings (SSSR count). The van der Waals surface area contributed by atoms with Crippen molar-refractivity contribution in [1.82, 2.24) is 9.88 Å². The number of aromatic nitrogens is 1. The number of hydrogen-bond acceptors (Lipinski definition) is 4. The molecule has 3 amide bonds. The highest BCUT2D eigenvalue weighted by Crippen LogP contribution is 2.39. The van der Waals surface area contributed by atoms with Crippen molar-refractivity contribution in [3.63, 3.8) is 0 Å². The van der Waals surface area contributed by atoms with E-state index in [9.17, 15) is 23.6 Å². The maximum Gasteiger partial charge on any atom is 0.255 e. The second kappa shape index (κ2) is 11.2. The molecule has 176 valence electrons. The predicted molar refractivity (Wildman–Crippen MR) is 127 cm³/mol. The van der Waals surface area contributed by atoms with Gasteiger partial charge in [0.15, 0.2) is 0 Å². The molecule has 10 heteroatoms. The minimum absolute atomic E-state index is 0.0683. The summed E-state index contributed by atoms with van der Waals surface area (Å²) < 4.78 is 14.8. The molecule has 1 fully saturated rings. The molecule has 1 aromatic heterocycles. The predicted octanol–water partition coefficient (Wildman–Crippen LogP) is 3.21. The molecule has 8 nitrogen and oxygen atoms in total. The number of nitrogens with zero attached hydrogens (tertiary/aromatic N) is 1. The maximum absolute atomic E-state index is 13.5. The SMILES string of the molecule is CNC(=O)C1C[C@H]1C(=O)Nc1ccc(Cl)cc1.O=CNc1ccc(-n2ccccc2=O)cc1F. The second-order valence-corrected chi connectivity index (χ2v) is 7.83. The molecule has 2 aromatic carbocycles. The Bertz CT molecular complexity index is 1250. The first-order chi connectivity index (χ1) is 16.3. The third-order valence-corrected chi connectivity index (χ3v) is 5.34. The molecule has 0 aliphatic heterocycles. The lowest BCUT2D eigenvalue weighted by Crippen LogP contribution is -2.23. The molecule has 2 atom stereocenters. The molecule has 1 aliphatic rings. The molecule has 0 radical (unpaired) electrons. The van der Waals surface area contributed by atoms with Crippen molar-refractivity contribution in [3.05, 3.63) is 88.1 Å². The van der Waals surface area contributed by atoms with Gasteiger partial charge in [-0.2, -0.15) is 0 Å². The van der Waals surface area contributed by atoms with Crippen LogP contribution in [-0.4, -0.2) is 29.8 Å². The van der Waals surface area contributed by atoms with E-state index in [1.54, 1.807) is 55.7 Å². The van der Waals surface area contributed by atoms with E-state index >= 15 is 0 Å². The van der Waals surface area contributed by atoms with Gasteiger partial charge in [0.1, 0.15) is 5.82 Å². The summed E-state index contributed by atoms with van der Waals surface area (Å²) in [4.78, 5) is 44.8. The van der Waals surface area contributed by atoms with Crippen LogP contribution < -0.4 is 21.5 Å². The van der Waals surface area contributed by atoms with Crippen LogP contribution >= 0.6 is 11.6 Å². The lowest BCUT2D eigenvalue weighted by Gasteiger charge is -2.07. The molecular weight excluding hydrogens is 463 g/mol. The van der Waals surface area contributed by atoms with Crippen molar-refractivity contribution in [2.24, 2.45) is 11.8 Å².